The number of hydrogen-bond donors (Lipinski definition) is 0. The van der Waals surface area contributed by atoms with Crippen LogP contribution in [0.25, 0.3) is 16.9 Å². The van der Waals surface area contributed by atoms with E-state index >= 15 is 0 Å². The Hall–Kier alpha value is -3.75. The number of aryl methyl sites for hydroxylation is 3. The fourth-order valence-electron chi connectivity index (χ4n) is 3.45. The molecule has 0 aliphatic heterocycles. The standard InChI is InChI=1S/C22H23FN6O2/c1-13-11-16(21-14(2)15(3)27(4)24-21)9-10-20(13)31-12-17-18(23)7-6-8-19(17)29-22(30)28(5)25-26-29/h6-11H,12H2,1-5H3. The number of nitrogens with zero attached hydrogens (tertiary/aromatic N) is 6. The summed E-state index contributed by atoms with van der Waals surface area (Å²) in [5.41, 5.74) is 5.11. The van der Waals surface area contributed by atoms with Crippen LogP contribution in [0.3, 0.4) is 0 Å². The lowest BCUT2D eigenvalue weighted by molar-refractivity contribution is 0.297. The first kappa shape index (κ1) is 20.5. The smallest absolute Gasteiger partial charge is 0.368 e. The molecule has 8 nitrogen and oxygen atoms in total. The van der Waals surface area contributed by atoms with Crippen LogP contribution in [0.4, 0.5) is 4.39 Å². The zero-order chi connectivity index (χ0) is 22.3. The van der Waals surface area contributed by atoms with Crippen LogP contribution < -0.4 is 10.4 Å². The molecule has 0 aliphatic carbocycles. The van der Waals surface area contributed by atoms with Gasteiger partial charge in [0.05, 0.1) is 16.9 Å². The minimum atomic E-state index is -0.482. The minimum absolute atomic E-state index is 0.0626. The van der Waals surface area contributed by atoms with E-state index in [1.807, 2.05) is 50.7 Å². The molecular formula is C22H23FN6O2. The normalized spacial score (nSPS) is 11.2. The average Bonchev–Trinajstić information content (AvgIpc) is 3.21. The summed E-state index contributed by atoms with van der Waals surface area (Å²) in [7, 11) is 3.40. The van der Waals surface area contributed by atoms with E-state index in [0.29, 0.717) is 11.4 Å². The molecule has 0 fully saturated rings. The van der Waals surface area contributed by atoms with E-state index in [9.17, 15) is 9.18 Å². The van der Waals surface area contributed by atoms with Gasteiger partial charge in [0, 0.05) is 25.4 Å². The number of rotatable bonds is 5. The van der Waals surface area contributed by atoms with Crippen molar-refractivity contribution in [1.82, 2.24) is 29.6 Å². The lowest BCUT2D eigenvalue weighted by Crippen LogP contribution is -2.23. The van der Waals surface area contributed by atoms with E-state index < -0.39 is 11.5 Å². The van der Waals surface area contributed by atoms with Crippen molar-refractivity contribution in [3.8, 4) is 22.7 Å². The lowest BCUT2D eigenvalue weighted by atomic mass is 10.0. The van der Waals surface area contributed by atoms with E-state index in [1.165, 1.54) is 19.2 Å². The van der Waals surface area contributed by atoms with Crippen molar-refractivity contribution in [2.45, 2.75) is 27.4 Å². The Morgan fingerprint density at radius 3 is 2.42 bits per heavy atom. The number of benzene rings is 2. The lowest BCUT2D eigenvalue weighted by Gasteiger charge is -2.13. The predicted octanol–water partition coefficient (Wildman–Crippen LogP) is 3.01. The van der Waals surface area contributed by atoms with E-state index in [4.69, 9.17) is 4.74 Å². The third kappa shape index (κ3) is 3.63. The Bertz CT molecular complexity index is 1330. The van der Waals surface area contributed by atoms with Crippen molar-refractivity contribution in [2.24, 2.45) is 14.1 Å². The summed E-state index contributed by atoms with van der Waals surface area (Å²) >= 11 is 0. The first-order chi connectivity index (χ1) is 14.8. The largest absolute Gasteiger partial charge is 0.488 e. The van der Waals surface area contributed by atoms with Gasteiger partial charge < -0.3 is 4.74 Å². The summed E-state index contributed by atoms with van der Waals surface area (Å²) in [6.45, 7) is 5.95. The molecule has 0 N–H and O–H groups in total. The minimum Gasteiger partial charge on any atom is -0.488 e. The van der Waals surface area contributed by atoms with Gasteiger partial charge in [-0.2, -0.15) is 14.5 Å². The molecule has 2 heterocycles. The zero-order valence-electron chi connectivity index (χ0n) is 18.0. The highest BCUT2D eigenvalue weighted by Gasteiger charge is 2.17. The van der Waals surface area contributed by atoms with Crippen molar-refractivity contribution in [3.05, 3.63) is 75.1 Å². The third-order valence-electron chi connectivity index (χ3n) is 5.50. The summed E-state index contributed by atoms with van der Waals surface area (Å²) in [6.07, 6.45) is 0. The van der Waals surface area contributed by atoms with Crippen molar-refractivity contribution >= 4 is 0 Å². The average molecular weight is 422 g/mol. The number of ether oxygens (including phenoxy) is 1. The van der Waals surface area contributed by atoms with Gasteiger partial charge in [0.1, 0.15) is 18.2 Å². The molecule has 0 saturated carbocycles. The Morgan fingerprint density at radius 2 is 1.81 bits per heavy atom. The van der Waals surface area contributed by atoms with Crippen LogP contribution in [0, 0.1) is 26.6 Å². The molecule has 0 spiro atoms. The molecule has 0 amide bonds. The van der Waals surface area contributed by atoms with Gasteiger partial charge in [-0.3, -0.25) is 4.68 Å². The van der Waals surface area contributed by atoms with Gasteiger partial charge in [-0.15, -0.1) is 0 Å². The Kier molecular flexibility index (Phi) is 5.18. The van der Waals surface area contributed by atoms with Gasteiger partial charge in [-0.05, 0) is 72.7 Å². The quantitative estimate of drug-likeness (QED) is 0.494. The molecule has 9 heteroatoms. The van der Waals surface area contributed by atoms with Crippen LogP contribution in [0.1, 0.15) is 22.4 Å². The fourth-order valence-corrected chi connectivity index (χ4v) is 3.45. The highest BCUT2D eigenvalue weighted by atomic mass is 19.1. The maximum atomic E-state index is 14.6. The Balaban J connectivity index is 1.63. The van der Waals surface area contributed by atoms with Gasteiger partial charge in [-0.25, -0.2) is 9.18 Å². The van der Waals surface area contributed by atoms with Gasteiger partial charge in [0.2, 0.25) is 0 Å². The van der Waals surface area contributed by atoms with Crippen LogP contribution in [-0.4, -0.2) is 29.6 Å². The van der Waals surface area contributed by atoms with E-state index in [1.54, 1.807) is 6.07 Å². The molecule has 2 aromatic heterocycles. The second kappa shape index (κ2) is 7.82. The molecule has 160 valence electrons. The number of aromatic nitrogens is 6. The van der Waals surface area contributed by atoms with Crippen LogP contribution >= 0.6 is 0 Å². The highest BCUT2D eigenvalue weighted by molar-refractivity contribution is 5.66. The van der Waals surface area contributed by atoms with Crippen molar-refractivity contribution in [1.29, 1.82) is 0 Å². The van der Waals surface area contributed by atoms with Crippen LogP contribution in [0.15, 0.2) is 41.2 Å². The van der Waals surface area contributed by atoms with Crippen molar-refractivity contribution in [3.63, 3.8) is 0 Å². The van der Waals surface area contributed by atoms with Crippen molar-refractivity contribution < 1.29 is 9.13 Å². The molecule has 0 radical (unpaired) electrons. The molecule has 0 atom stereocenters. The van der Waals surface area contributed by atoms with Gasteiger partial charge in [-0.1, -0.05) is 6.07 Å². The first-order valence-corrected chi connectivity index (χ1v) is 9.78. The number of hydrogen-bond acceptors (Lipinski definition) is 5. The summed E-state index contributed by atoms with van der Waals surface area (Å²) in [5, 5.41) is 12.1. The molecule has 31 heavy (non-hydrogen) atoms. The SMILES string of the molecule is Cc1cc(-c2nn(C)c(C)c2C)ccc1OCc1c(F)cccc1-n1nnn(C)c1=O. The third-order valence-corrected chi connectivity index (χ3v) is 5.50. The second-order valence-corrected chi connectivity index (χ2v) is 7.49. The monoisotopic (exact) mass is 422 g/mol. The predicted molar refractivity (Wildman–Crippen MR) is 114 cm³/mol. The summed E-state index contributed by atoms with van der Waals surface area (Å²) in [4.78, 5) is 12.2. The molecule has 4 rings (SSSR count). The summed E-state index contributed by atoms with van der Waals surface area (Å²) < 4.78 is 24.5. The zero-order valence-corrected chi connectivity index (χ0v) is 18.0. The summed E-state index contributed by atoms with van der Waals surface area (Å²) in [6, 6.07) is 10.2. The number of halogens is 1. The molecule has 2 aromatic carbocycles. The Morgan fingerprint density at radius 1 is 1.03 bits per heavy atom. The van der Waals surface area contributed by atoms with Crippen LogP contribution in [0.2, 0.25) is 0 Å². The first-order valence-electron chi connectivity index (χ1n) is 9.78. The maximum Gasteiger partial charge on any atom is 0.368 e. The second-order valence-electron chi connectivity index (χ2n) is 7.49. The highest BCUT2D eigenvalue weighted by Crippen LogP contribution is 2.29. The Labute approximate surface area is 178 Å². The van der Waals surface area contributed by atoms with E-state index in [0.717, 1.165) is 37.4 Å². The van der Waals surface area contributed by atoms with E-state index in [-0.39, 0.29) is 12.2 Å². The van der Waals surface area contributed by atoms with Crippen LogP contribution in [0.5, 0.6) is 5.75 Å². The fraction of sp³-hybridized carbons (Fsp3) is 0.273. The van der Waals surface area contributed by atoms with E-state index in [2.05, 4.69) is 15.5 Å². The van der Waals surface area contributed by atoms with Gasteiger partial charge >= 0.3 is 5.69 Å². The van der Waals surface area contributed by atoms with Gasteiger partial charge in [0.25, 0.3) is 0 Å². The summed E-state index contributed by atoms with van der Waals surface area (Å²) in [5.74, 6) is 0.138. The molecule has 0 saturated heterocycles. The number of tetrazole rings is 1. The molecule has 4 aromatic rings. The maximum absolute atomic E-state index is 14.6. The van der Waals surface area contributed by atoms with Crippen molar-refractivity contribution in [2.75, 3.05) is 0 Å². The molecule has 0 unspecified atom stereocenters. The van der Waals surface area contributed by atoms with Crippen LogP contribution in [-0.2, 0) is 20.7 Å². The molecule has 0 aliphatic rings. The molecule has 0 bridgehead atoms. The molecular weight excluding hydrogens is 399 g/mol. The van der Waals surface area contributed by atoms with Gasteiger partial charge in [0.15, 0.2) is 0 Å². The topological polar surface area (TPSA) is 79.8 Å².